The van der Waals surface area contributed by atoms with Crippen molar-refractivity contribution in [1.82, 2.24) is 9.80 Å². The fraction of sp³-hybridized carbons (Fsp3) is 0.500. The van der Waals surface area contributed by atoms with Crippen LogP contribution in [-0.2, 0) is 6.54 Å². The molecule has 0 unspecified atom stereocenters. The number of carbonyl (C=O) groups excluding carboxylic acids is 1. The maximum absolute atomic E-state index is 12.9. The highest BCUT2D eigenvalue weighted by molar-refractivity contribution is 5.72. The summed E-state index contributed by atoms with van der Waals surface area (Å²) in [5.41, 5.74) is 6.38. The van der Waals surface area contributed by atoms with E-state index in [0.29, 0.717) is 6.54 Å². The van der Waals surface area contributed by atoms with Crippen LogP contribution in [0.2, 0.25) is 0 Å². The SMILES string of the molecule is CN1CCC(N(Cc2ccc(F)cc2)C(N)=O)CC1. The smallest absolute Gasteiger partial charge is 0.315 e. The van der Waals surface area contributed by atoms with Crippen LogP contribution in [0, 0.1) is 5.82 Å². The second-order valence-corrected chi connectivity index (χ2v) is 5.13. The monoisotopic (exact) mass is 265 g/mol. The Morgan fingerprint density at radius 2 is 1.95 bits per heavy atom. The molecule has 0 atom stereocenters. The predicted molar refractivity (Wildman–Crippen MR) is 72.0 cm³/mol. The van der Waals surface area contributed by atoms with E-state index in [1.165, 1.54) is 12.1 Å². The number of halogens is 1. The number of rotatable bonds is 3. The number of carbonyl (C=O) groups is 1. The standard InChI is InChI=1S/C14H20FN3O/c1-17-8-6-13(7-9-17)18(14(16)19)10-11-2-4-12(15)5-3-11/h2-5,13H,6-10H2,1H3,(H2,16,19). The van der Waals surface area contributed by atoms with E-state index in [0.717, 1.165) is 31.5 Å². The van der Waals surface area contributed by atoms with Gasteiger partial charge in [0.2, 0.25) is 0 Å². The Kier molecular flexibility index (Phi) is 4.37. The zero-order valence-corrected chi connectivity index (χ0v) is 11.2. The summed E-state index contributed by atoms with van der Waals surface area (Å²) >= 11 is 0. The number of nitrogens with zero attached hydrogens (tertiary/aromatic N) is 2. The van der Waals surface area contributed by atoms with Gasteiger partial charge in [-0.25, -0.2) is 9.18 Å². The molecule has 1 aliphatic heterocycles. The third-order valence-corrected chi connectivity index (χ3v) is 3.68. The van der Waals surface area contributed by atoms with E-state index < -0.39 is 6.03 Å². The molecule has 4 nitrogen and oxygen atoms in total. The van der Waals surface area contributed by atoms with Crippen molar-refractivity contribution in [1.29, 1.82) is 0 Å². The van der Waals surface area contributed by atoms with Gasteiger partial charge in [-0.2, -0.15) is 0 Å². The Labute approximate surface area is 113 Å². The molecule has 2 rings (SSSR count). The summed E-state index contributed by atoms with van der Waals surface area (Å²) in [7, 11) is 2.07. The van der Waals surface area contributed by atoms with E-state index >= 15 is 0 Å². The topological polar surface area (TPSA) is 49.6 Å². The van der Waals surface area contributed by atoms with Crippen molar-refractivity contribution in [2.24, 2.45) is 5.73 Å². The number of benzene rings is 1. The first-order chi connectivity index (χ1) is 9.06. The van der Waals surface area contributed by atoms with E-state index in [2.05, 4.69) is 11.9 Å². The molecular formula is C14H20FN3O. The van der Waals surface area contributed by atoms with E-state index in [4.69, 9.17) is 5.73 Å². The fourth-order valence-corrected chi connectivity index (χ4v) is 2.48. The van der Waals surface area contributed by atoms with Crippen LogP contribution in [0.3, 0.4) is 0 Å². The van der Waals surface area contributed by atoms with Crippen molar-refractivity contribution in [3.8, 4) is 0 Å². The summed E-state index contributed by atoms with van der Waals surface area (Å²) in [5, 5.41) is 0. The van der Waals surface area contributed by atoms with Gasteiger partial charge in [-0.3, -0.25) is 0 Å². The minimum atomic E-state index is -0.404. The molecule has 19 heavy (non-hydrogen) atoms. The first-order valence-corrected chi connectivity index (χ1v) is 6.55. The molecule has 0 bridgehead atoms. The largest absolute Gasteiger partial charge is 0.351 e. The normalized spacial score (nSPS) is 17.4. The van der Waals surface area contributed by atoms with Crippen molar-refractivity contribution in [3.63, 3.8) is 0 Å². The molecular weight excluding hydrogens is 245 g/mol. The van der Waals surface area contributed by atoms with Gasteiger partial charge in [0.15, 0.2) is 0 Å². The number of piperidine rings is 1. The van der Waals surface area contributed by atoms with Gasteiger partial charge >= 0.3 is 6.03 Å². The number of nitrogens with two attached hydrogens (primary N) is 1. The number of hydrogen-bond donors (Lipinski definition) is 1. The highest BCUT2D eigenvalue weighted by atomic mass is 19.1. The average Bonchev–Trinajstić information content (AvgIpc) is 2.39. The molecule has 1 aromatic rings. The van der Waals surface area contributed by atoms with Gasteiger partial charge in [0.1, 0.15) is 5.82 Å². The molecule has 0 spiro atoms. The summed E-state index contributed by atoms with van der Waals surface area (Å²) in [5.74, 6) is -0.270. The molecule has 0 aliphatic carbocycles. The molecule has 0 radical (unpaired) electrons. The third-order valence-electron chi connectivity index (χ3n) is 3.68. The molecule has 1 aromatic carbocycles. The lowest BCUT2D eigenvalue weighted by atomic mass is 10.0. The molecule has 1 aliphatic rings. The number of amides is 2. The van der Waals surface area contributed by atoms with Gasteiger partial charge < -0.3 is 15.5 Å². The molecule has 5 heteroatoms. The van der Waals surface area contributed by atoms with Crippen LogP contribution in [-0.4, -0.2) is 42.0 Å². The van der Waals surface area contributed by atoms with Gasteiger partial charge in [-0.05, 0) is 50.7 Å². The predicted octanol–water partition coefficient (Wildman–Crippen LogP) is 1.80. The number of urea groups is 1. The Morgan fingerprint density at radius 3 is 2.47 bits per heavy atom. The summed E-state index contributed by atoms with van der Waals surface area (Å²) in [4.78, 5) is 15.6. The first-order valence-electron chi connectivity index (χ1n) is 6.55. The molecule has 1 saturated heterocycles. The molecule has 0 aromatic heterocycles. The Balaban J connectivity index is 2.04. The lowest BCUT2D eigenvalue weighted by Crippen LogP contribution is -2.48. The Bertz CT molecular complexity index is 427. The van der Waals surface area contributed by atoms with Crippen LogP contribution in [0.4, 0.5) is 9.18 Å². The highest BCUT2D eigenvalue weighted by Gasteiger charge is 2.25. The van der Waals surface area contributed by atoms with Crippen molar-refractivity contribution in [2.75, 3.05) is 20.1 Å². The Hall–Kier alpha value is -1.62. The van der Waals surface area contributed by atoms with E-state index in [1.807, 2.05) is 0 Å². The zero-order chi connectivity index (χ0) is 13.8. The van der Waals surface area contributed by atoms with Gasteiger partial charge in [0.05, 0.1) is 0 Å². The average molecular weight is 265 g/mol. The zero-order valence-electron chi connectivity index (χ0n) is 11.2. The van der Waals surface area contributed by atoms with Crippen LogP contribution in [0.25, 0.3) is 0 Å². The molecule has 1 fully saturated rings. The molecule has 1 heterocycles. The van der Waals surface area contributed by atoms with Crippen LogP contribution in [0.1, 0.15) is 18.4 Å². The van der Waals surface area contributed by atoms with Crippen molar-refractivity contribution in [2.45, 2.75) is 25.4 Å². The van der Waals surface area contributed by atoms with Gasteiger partial charge in [-0.15, -0.1) is 0 Å². The summed E-state index contributed by atoms with van der Waals surface area (Å²) in [6, 6.07) is 5.98. The lowest BCUT2D eigenvalue weighted by Gasteiger charge is -2.36. The molecule has 0 saturated carbocycles. The van der Waals surface area contributed by atoms with Crippen LogP contribution in [0.15, 0.2) is 24.3 Å². The maximum atomic E-state index is 12.9. The quantitative estimate of drug-likeness (QED) is 0.906. The fourth-order valence-electron chi connectivity index (χ4n) is 2.48. The number of likely N-dealkylation sites (tertiary alicyclic amines) is 1. The van der Waals surface area contributed by atoms with Crippen LogP contribution in [0.5, 0.6) is 0 Å². The minimum Gasteiger partial charge on any atom is -0.351 e. The minimum absolute atomic E-state index is 0.179. The van der Waals surface area contributed by atoms with E-state index in [1.54, 1.807) is 17.0 Å². The van der Waals surface area contributed by atoms with Gasteiger partial charge in [0, 0.05) is 12.6 Å². The van der Waals surface area contributed by atoms with Crippen LogP contribution >= 0.6 is 0 Å². The van der Waals surface area contributed by atoms with E-state index in [9.17, 15) is 9.18 Å². The molecule has 2 N–H and O–H groups in total. The van der Waals surface area contributed by atoms with Crippen LogP contribution < -0.4 is 5.73 Å². The van der Waals surface area contributed by atoms with Crippen molar-refractivity contribution < 1.29 is 9.18 Å². The summed E-state index contributed by atoms with van der Waals surface area (Å²) < 4.78 is 12.9. The molecule has 2 amide bonds. The van der Waals surface area contributed by atoms with E-state index in [-0.39, 0.29) is 11.9 Å². The first kappa shape index (κ1) is 13.8. The third kappa shape index (κ3) is 3.67. The van der Waals surface area contributed by atoms with Crippen molar-refractivity contribution >= 4 is 6.03 Å². The summed E-state index contributed by atoms with van der Waals surface area (Å²) in [6.45, 7) is 2.39. The summed E-state index contributed by atoms with van der Waals surface area (Å²) in [6.07, 6.45) is 1.86. The number of hydrogen-bond acceptors (Lipinski definition) is 2. The maximum Gasteiger partial charge on any atom is 0.315 e. The van der Waals surface area contributed by atoms with Gasteiger partial charge in [-0.1, -0.05) is 12.1 Å². The number of primary amides is 1. The highest BCUT2D eigenvalue weighted by Crippen LogP contribution is 2.18. The second kappa shape index (κ2) is 6.02. The molecule has 104 valence electrons. The lowest BCUT2D eigenvalue weighted by molar-refractivity contribution is 0.133. The van der Waals surface area contributed by atoms with Crippen molar-refractivity contribution in [3.05, 3.63) is 35.6 Å². The second-order valence-electron chi connectivity index (χ2n) is 5.13. The Morgan fingerprint density at radius 1 is 1.37 bits per heavy atom. The van der Waals surface area contributed by atoms with Gasteiger partial charge in [0.25, 0.3) is 0 Å².